The molecule has 0 amide bonds. The summed E-state index contributed by atoms with van der Waals surface area (Å²) in [6, 6.07) is 0.766. The Morgan fingerprint density at radius 2 is 2.10 bits per heavy atom. The zero-order valence-electron chi connectivity index (χ0n) is 14.1. The lowest BCUT2D eigenvalue weighted by atomic mass is 10.0. The molecule has 1 aliphatic carbocycles. The molecular weight excluding hydrogens is 278 g/mol. The normalized spacial score (nSPS) is 16.2. The predicted octanol–water partition coefficient (Wildman–Crippen LogP) is 4.54. The maximum Gasteiger partial charge on any atom is 0.185 e. The Bertz CT molecular complexity index is 426. The number of aromatic nitrogens is 1. The molecule has 1 atom stereocenters. The first-order chi connectivity index (χ1) is 10.2. The number of unbranched alkanes of at least 4 members (excludes halogenated alkanes) is 1. The fourth-order valence-corrected chi connectivity index (χ4v) is 3.67. The van der Waals surface area contributed by atoms with Gasteiger partial charge in [-0.3, -0.25) is 0 Å². The molecule has 21 heavy (non-hydrogen) atoms. The largest absolute Gasteiger partial charge is 0.348 e. The van der Waals surface area contributed by atoms with Gasteiger partial charge < -0.3 is 10.2 Å². The minimum Gasteiger partial charge on any atom is -0.348 e. The molecule has 0 aromatic carbocycles. The summed E-state index contributed by atoms with van der Waals surface area (Å²) in [6.07, 6.45) is 6.36. The first-order valence-electron chi connectivity index (χ1n) is 8.67. The molecule has 4 heteroatoms. The topological polar surface area (TPSA) is 28.2 Å². The molecule has 1 aromatic heterocycles. The van der Waals surface area contributed by atoms with Gasteiger partial charge >= 0.3 is 0 Å². The van der Waals surface area contributed by atoms with Gasteiger partial charge in [0.1, 0.15) is 0 Å². The molecule has 3 nitrogen and oxygen atoms in total. The summed E-state index contributed by atoms with van der Waals surface area (Å²) in [5.74, 6) is 0.566. The van der Waals surface area contributed by atoms with Gasteiger partial charge in [-0.25, -0.2) is 4.98 Å². The third kappa shape index (κ3) is 4.68. The number of anilines is 1. The van der Waals surface area contributed by atoms with Crippen LogP contribution in [0.25, 0.3) is 0 Å². The van der Waals surface area contributed by atoms with Gasteiger partial charge in [-0.15, -0.1) is 11.3 Å². The minimum absolute atomic E-state index is 0.566. The van der Waals surface area contributed by atoms with Crippen LogP contribution in [-0.4, -0.2) is 24.1 Å². The van der Waals surface area contributed by atoms with Gasteiger partial charge in [-0.1, -0.05) is 27.2 Å². The maximum atomic E-state index is 5.01. The second kappa shape index (κ2) is 8.14. The van der Waals surface area contributed by atoms with Crippen LogP contribution in [0.15, 0.2) is 0 Å². The van der Waals surface area contributed by atoms with Gasteiger partial charge in [0, 0.05) is 30.6 Å². The molecule has 1 aromatic rings. The molecule has 0 bridgehead atoms. The molecule has 0 aliphatic heterocycles. The van der Waals surface area contributed by atoms with Crippen molar-refractivity contribution in [2.24, 2.45) is 0 Å². The number of thiazole rings is 1. The Morgan fingerprint density at radius 1 is 1.33 bits per heavy atom. The summed E-state index contributed by atoms with van der Waals surface area (Å²) in [7, 11) is 0. The number of rotatable bonds is 10. The average Bonchev–Trinajstić information content (AvgIpc) is 3.24. The van der Waals surface area contributed by atoms with E-state index in [1.54, 1.807) is 0 Å². The molecule has 120 valence electrons. The third-order valence-corrected chi connectivity index (χ3v) is 5.49. The van der Waals surface area contributed by atoms with E-state index in [0.717, 1.165) is 25.7 Å². The van der Waals surface area contributed by atoms with Crippen LogP contribution in [0.2, 0.25) is 0 Å². The van der Waals surface area contributed by atoms with Crippen LogP contribution in [0, 0.1) is 0 Å². The minimum atomic E-state index is 0.566. The molecule has 1 saturated carbocycles. The fourth-order valence-electron chi connectivity index (χ4n) is 2.45. The van der Waals surface area contributed by atoms with E-state index in [-0.39, 0.29) is 0 Å². The Balaban J connectivity index is 2.12. The van der Waals surface area contributed by atoms with Gasteiger partial charge in [0.25, 0.3) is 0 Å². The summed E-state index contributed by atoms with van der Waals surface area (Å²) < 4.78 is 0. The van der Waals surface area contributed by atoms with Crippen LogP contribution in [0.5, 0.6) is 0 Å². The van der Waals surface area contributed by atoms with E-state index >= 15 is 0 Å². The lowest BCUT2D eigenvalue weighted by molar-refractivity contribution is 0.659. The van der Waals surface area contributed by atoms with Crippen LogP contribution in [-0.2, 0) is 6.54 Å². The highest BCUT2D eigenvalue weighted by molar-refractivity contribution is 7.15. The first kappa shape index (κ1) is 16.8. The van der Waals surface area contributed by atoms with Crippen molar-refractivity contribution in [1.82, 2.24) is 10.3 Å². The predicted molar refractivity (Wildman–Crippen MR) is 93.5 cm³/mol. The number of nitrogens with one attached hydrogen (secondary N) is 1. The SMILES string of the molecule is CCCCN(CC)c1nc(C(C)CC)c(CNC2CC2)s1. The van der Waals surface area contributed by atoms with Crippen molar-refractivity contribution in [2.45, 2.75) is 78.3 Å². The van der Waals surface area contributed by atoms with Gasteiger partial charge in [-0.2, -0.15) is 0 Å². The Labute approximate surface area is 134 Å². The van der Waals surface area contributed by atoms with Crippen molar-refractivity contribution in [3.8, 4) is 0 Å². The Morgan fingerprint density at radius 3 is 2.67 bits per heavy atom. The second-order valence-corrected chi connectivity index (χ2v) is 7.26. The molecule has 1 fully saturated rings. The van der Waals surface area contributed by atoms with Gasteiger partial charge in [0.05, 0.1) is 5.69 Å². The smallest absolute Gasteiger partial charge is 0.185 e. The standard InChI is InChI=1S/C17H31N3S/c1-5-8-11-20(7-3)17-19-16(13(4)6-2)15(21-17)12-18-14-9-10-14/h13-14,18H,5-12H2,1-4H3. The van der Waals surface area contributed by atoms with E-state index in [4.69, 9.17) is 4.98 Å². The van der Waals surface area contributed by atoms with Crippen molar-refractivity contribution < 1.29 is 0 Å². The van der Waals surface area contributed by atoms with E-state index in [1.807, 2.05) is 11.3 Å². The van der Waals surface area contributed by atoms with E-state index in [9.17, 15) is 0 Å². The molecule has 1 aliphatic rings. The number of hydrogen-bond donors (Lipinski definition) is 1. The zero-order chi connectivity index (χ0) is 15.2. The second-order valence-electron chi connectivity index (χ2n) is 6.20. The van der Waals surface area contributed by atoms with Crippen LogP contribution in [0.1, 0.15) is 76.3 Å². The van der Waals surface area contributed by atoms with E-state index in [0.29, 0.717) is 5.92 Å². The first-order valence-corrected chi connectivity index (χ1v) is 9.49. The summed E-state index contributed by atoms with van der Waals surface area (Å²) >= 11 is 1.91. The fraction of sp³-hybridized carbons (Fsp3) is 0.824. The van der Waals surface area contributed by atoms with Crippen LogP contribution < -0.4 is 10.2 Å². The van der Waals surface area contributed by atoms with Crippen molar-refractivity contribution in [3.63, 3.8) is 0 Å². The molecule has 2 rings (SSSR count). The van der Waals surface area contributed by atoms with Gasteiger partial charge in [0.15, 0.2) is 5.13 Å². The molecule has 1 heterocycles. The van der Waals surface area contributed by atoms with Crippen LogP contribution in [0.3, 0.4) is 0 Å². The molecule has 0 radical (unpaired) electrons. The highest BCUT2D eigenvalue weighted by Crippen LogP contribution is 2.33. The monoisotopic (exact) mass is 309 g/mol. The molecule has 1 unspecified atom stereocenters. The van der Waals surface area contributed by atoms with E-state index < -0.39 is 0 Å². The lowest BCUT2D eigenvalue weighted by Crippen LogP contribution is -2.23. The average molecular weight is 310 g/mol. The van der Waals surface area contributed by atoms with Crippen LogP contribution >= 0.6 is 11.3 Å². The zero-order valence-corrected chi connectivity index (χ0v) is 14.9. The molecule has 0 spiro atoms. The van der Waals surface area contributed by atoms with Crippen molar-refractivity contribution >= 4 is 16.5 Å². The van der Waals surface area contributed by atoms with Crippen molar-refractivity contribution in [3.05, 3.63) is 10.6 Å². The highest BCUT2D eigenvalue weighted by atomic mass is 32.1. The maximum absolute atomic E-state index is 5.01. The quantitative estimate of drug-likeness (QED) is 0.688. The van der Waals surface area contributed by atoms with Gasteiger partial charge in [-0.05, 0) is 38.5 Å². The molecule has 0 saturated heterocycles. The summed E-state index contributed by atoms with van der Waals surface area (Å²) in [5, 5.41) is 4.89. The Kier molecular flexibility index (Phi) is 6.49. The number of nitrogens with zero attached hydrogens (tertiary/aromatic N) is 2. The summed E-state index contributed by atoms with van der Waals surface area (Å²) in [5.41, 5.74) is 1.33. The van der Waals surface area contributed by atoms with E-state index in [1.165, 1.54) is 47.8 Å². The van der Waals surface area contributed by atoms with Crippen LogP contribution in [0.4, 0.5) is 5.13 Å². The summed E-state index contributed by atoms with van der Waals surface area (Å²) in [4.78, 5) is 8.91. The lowest BCUT2D eigenvalue weighted by Gasteiger charge is -2.19. The molecule has 1 N–H and O–H groups in total. The Hall–Kier alpha value is -0.610. The number of hydrogen-bond acceptors (Lipinski definition) is 4. The van der Waals surface area contributed by atoms with Crippen molar-refractivity contribution in [1.29, 1.82) is 0 Å². The van der Waals surface area contributed by atoms with Crippen molar-refractivity contribution in [2.75, 3.05) is 18.0 Å². The highest BCUT2D eigenvalue weighted by Gasteiger charge is 2.23. The third-order valence-electron chi connectivity index (χ3n) is 4.36. The molecular formula is C17H31N3S. The van der Waals surface area contributed by atoms with E-state index in [2.05, 4.69) is 37.9 Å². The summed E-state index contributed by atoms with van der Waals surface area (Å²) in [6.45, 7) is 12.3. The van der Waals surface area contributed by atoms with Gasteiger partial charge in [0.2, 0.25) is 0 Å².